The van der Waals surface area contributed by atoms with E-state index >= 15 is 0 Å². The van der Waals surface area contributed by atoms with E-state index in [1.54, 1.807) is 13.8 Å². The van der Waals surface area contributed by atoms with Gasteiger partial charge in [-0.1, -0.05) is 13.8 Å². The SMILES string of the molecule is CCN(CC)S(=O)(=O)c1ccc(=O)n(CC(=O)NC2(C#N)CCCC2)c1. The van der Waals surface area contributed by atoms with Crippen molar-refractivity contribution in [3.05, 3.63) is 28.7 Å². The molecule has 0 saturated heterocycles. The van der Waals surface area contributed by atoms with Crippen molar-refractivity contribution in [2.75, 3.05) is 13.1 Å². The highest BCUT2D eigenvalue weighted by atomic mass is 32.2. The Morgan fingerprint density at radius 2 is 1.92 bits per heavy atom. The van der Waals surface area contributed by atoms with E-state index in [2.05, 4.69) is 11.4 Å². The first-order chi connectivity index (χ1) is 12.3. The number of carbonyl (C=O) groups is 1. The van der Waals surface area contributed by atoms with Crippen molar-refractivity contribution < 1.29 is 13.2 Å². The summed E-state index contributed by atoms with van der Waals surface area (Å²) >= 11 is 0. The Labute approximate surface area is 153 Å². The Bertz CT molecular complexity index is 859. The maximum absolute atomic E-state index is 12.6. The second-order valence-corrected chi connectivity index (χ2v) is 8.31. The highest BCUT2D eigenvalue weighted by molar-refractivity contribution is 7.89. The lowest BCUT2D eigenvalue weighted by Crippen LogP contribution is -2.47. The molecule has 1 amide bonds. The monoisotopic (exact) mass is 380 g/mol. The van der Waals surface area contributed by atoms with E-state index < -0.39 is 27.0 Å². The highest BCUT2D eigenvalue weighted by Gasteiger charge is 2.35. The van der Waals surface area contributed by atoms with Crippen LogP contribution >= 0.6 is 0 Å². The number of nitrogens with one attached hydrogen (secondary N) is 1. The van der Waals surface area contributed by atoms with Crippen LogP contribution in [0.25, 0.3) is 0 Å². The number of carbonyl (C=O) groups excluding carboxylic acids is 1. The van der Waals surface area contributed by atoms with Crippen molar-refractivity contribution >= 4 is 15.9 Å². The minimum atomic E-state index is -3.73. The second-order valence-electron chi connectivity index (χ2n) is 6.37. The summed E-state index contributed by atoms with van der Waals surface area (Å²) in [6, 6.07) is 4.54. The first-order valence-corrected chi connectivity index (χ1v) is 10.1. The molecule has 0 aliphatic heterocycles. The number of pyridine rings is 1. The second kappa shape index (κ2) is 8.01. The topological polar surface area (TPSA) is 112 Å². The number of rotatable bonds is 7. The first-order valence-electron chi connectivity index (χ1n) is 8.71. The summed E-state index contributed by atoms with van der Waals surface area (Å²) < 4.78 is 27.5. The molecule has 0 radical (unpaired) electrons. The van der Waals surface area contributed by atoms with Gasteiger partial charge in [-0.05, 0) is 31.7 Å². The Morgan fingerprint density at radius 3 is 2.46 bits per heavy atom. The fourth-order valence-electron chi connectivity index (χ4n) is 3.20. The largest absolute Gasteiger partial charge is 0.336 e. The van der Waals surface area contributed by atoms with E-state index in [0.717, 1.165) is 23.5 Å². The molecule has 1 aliphatic carbocycles. The molecule has 1 heterocycles. The summed E-state index contributed by atoms with van der Waals surface area (Å²) in [7, 11) is -3.73. The standard InChI is InChI=1S/C17H24N4O4S/c1-3-21(4-2)26(24,25)14-7-8-16(23)20(11-14)12-15(22)19-17(13-18)9-5-6-10-17/h7-8,11H,3-6,9-10,12H2,1-2H3,(H,19,22). The Morgan fingerprint density at radius 1 is 1.31 bits per heavy atom. The zero-order chi connectivity index (χ0) is 19.4. The number of hydrogen-bond acceptors (Lipinski definition) is 5. The van der Waals surface area contributed by atoms with Crippen LogP contribution in [0.15, 0.2) is 28.0 Å². The zero-order valence-electron chi connectivity index (χ0n) is 15.1. The molecule has 0 aromatic carbocycles. The summed E-state index contributed by atoms with van der Waals surface area (Å²) in [5.74, 6) is -0.479. The molecule has 26 heavy (non-hydrogen) atoms. The van der Waals surface area contributed by atoms with Gasteiger partial charge >= 0.3 is 0 Å². The maximum Gasteiger partial charge on any atom is 0.251 e. The van der Waals surface area contributed by atoms with E-state index in [-0.39, 0.29) is 11.4 Å². The third-order valence-electron chi connectivity index (χ3n) is 4.66. The Hall–Kier alpha value is -2.18. The normalized spacial score (nSPS) is 16.4. The smallest absolute Gasteiger partial charge is 0.251 e. The average Bonchev–Trinajstić information content (AvgIpc) is 3.06. The predicted molar refractivity (Wildman–Crippen MR) is 95.8 cm³/mol. The van der Waals surface area contributed by atoms with Gasteiger partial charge in [-0.25, -0.2) is 8.42 Å². The van der Waals surface area contributed by atoms with E-state index in [4.69, 9.17) is 0 Å². The van der Waals surface area contributed by atoms with Gasteiger partial charge in [-0.3, -0.25) is 9.59 Å². The van der Waals surface area contributed by atoms with Crippen molar-refractivity contribution in [2.45, 2.75) is 56.5 Å². The molecule has 9 heteroatoms. The molecule has 1 saturated carbocycles. The molecule has 0 unspecified atom stereocenters. The van der Waals surface area contributed by atoms with E-state index in [1.807, 2.05) is 0 Å². The van der Waals surface area contributed by atoms with Crippen LogP contribution in [0.2, 0.25) is 0 Å². The third kappa shape index (κ3) is 4.14. The number of nitrogens with zero attached hydrogens (tertiary/aromatic N) is 3. The van der Waals surface area contributed by atoms with Gasteiger partial charge in [0.2, 0.25) is 15.9 Å². The number of aromatic nitrogens is 1. The summed E-state index contributed by atoms with van der Waals surface area (Å²) in [6.07, 6.45) is 4.08. The first kappa shape index (κ1) is 20.1. The van der Waals surface area contributed by atoms with E-state index in [0.29, 0.717) is 25.9 Å². The number of nitriles is 1. The molecule has 8 nitrogen and oxygen atoms in total. The van der Waals surface area contributed by atoms with Crippen LogP contribution in [0.5, 0.6) is 0 Å². The van der Waals surface area contributed by atoms with Gasteiger partial charge in [-0.15, -0.1) is 0 Å². The van der Waals surface area contributed by atoms with Gasteiger partial charge in [0.1, 0.15) is 12.1 Å². The van der Waals surface area contributed by atoms with Gasteiger partial charge in [0.05, 0.1) is 11.0 Å². The molecular formula is C17H24N4O4S. The van der Waals surface area contributed by atoms with Crippen LogP contribution < -0.4 is 10.9 Å². The van der Waals surface area contributed by atoms with Gasteiger partial charge in [-0.2, -0.15) is 9.57 Å². The summed E-state index contributed by atoms with van der Waals surface area (Å²) in [6.45, 7) is 3.75. The lowest BCUT2D eigenvalue weighted by atomic mass is 10.00. The van der Waals surface area contributed by atoms with Crippen LogP contribution in [0.1, 0.15) is 39.5 Å². The molecule has 1 N–H and O–H groups in total. The average molecular weight is 380 g/mol. The van der Waals surface area contributed by atoms with E-state index in [1.165, 1.54) is 16.6 Å². The minimum Gasteiger partial charge on any atom is -0.336 e. The molecule has 1 aromatic rings. The van der Waals surface area contributed by atoms with Gasteiger partial charge in [0, 0.05) is 25.4 Å². The summed E-state index contributed by atoms with van der Waals surface area (Å²) in [4.78, 5) is 24.3. The molecule has 1 aliphatic rings. The van der Waals surface area contributed by atoms with Crippen molar-refractivity contribution in [1.29, 1.82) is 5.26 Å². The molecule has 0 spiro atoms. The molecule has 142 valence electrons. The molecule has 0 atom stereocenters. The third-order valence-corrected chi connectivity index (χ3v) is 6.70. The molecular weight excluding hydrogens is 356 g/mol. The summed E-state index contributed by atoms with van der Waals surface area (Å²) in [5.41, 5.74) is -1.36. The number of amides is 1. The Balaban J connectivity index is 2.24. The fraction of sp³-hybridized carbons (Fsp3) is 0.588. The quantitative estimate of drug-likeness (QED) is 0.753. The van der Waals surface area contributed by atoms with Gasteiger partial charge in [0.15, 0.2) is 0 Å². The fourth-order valence-corrected chi connectivity index (χ4v) is 4.68. The van der Waals surface area contributed by atoms with Crippen LogP contribution in [0.3, 0.4) is 0 Å². The van der Waals surface area contributed by atoms with Crippen LogP contribution in [0.4, 0.5) is 0 Å². The number of sulfonamides is 1. The lowest BCUT2D eigenvalue weighted by molar-refractivity contribution is -0.123. The molecule has 2 rings (SSSR count). The molecule has 1 fully saturated rings. The van der Waals surface area contributed by atoms with Crippen LogP contribution in [-0.4, -0.2) is 41.8 Å². The van der Waals surface area contributed by atoms with Crippen LogP contribution in [-0.2, 0) is 21.4 Å². The van der Waals surface area contributed by atoms with Crippen molar-refractivity contribution in [3.63, 3.8) is 0 Å². The number of hydrogen-bond donors (Lipinski definition) is 1. The highest BCUT2D eigenvalue weighted by Crippen LogP contribution is 2.28. The van der Waals surface area contributed by atoms with Crippen LogP contribution in [0, 0.1) is 11.3 Å². The molecule has 1 aromatic heterocycles. The lowest BCUT2D eigenvalue weighted by Gasteiger charge is -2.22. The predicted octanol–water partition coefficient (Wildman–Crippen LogP) is 0.831. The zero-order valence-corrected chi connectivity index (χ0v) is 15.9. The van der Waals surface area contributed by atoms with Crippen molar-refractivity contribution in [3.8, 4) is 6.07 Å². The van der Waals surface area contributed by atoms with Gasteiger partial charge in [0.25, 0.3) is 5.56 Å². The molecule has 0 bridgehead atoms. The van der Waals surface area contributed by atoms with Gasteiger partial charge < -0.3 is 9.88 Å². The van der Waals surface area contributed by atoms with E-state index in [9.17, 15) is 23.3 Å². The Kier molecular flexibility index (Phi) is 6.21. The summed E-state index contributed by atoms with van der Waals surface area (Å²) in [5, 5.41) is 12.0. The minimum absolute atomic E-state index is 0.0375. The van der Waals surface area contributed by atoms with Crippen molar-refractivity contribution in [2.24, 2.45) is 0 Å². The van der Waals surface area contributed by atoms with Crippen molar-refractivity contribution in [1.82, 2.24) is 14.2 Å². The maximum atomic E-state index is 12.6.